The number of fused-ring (bicyclic) bond motifs is 1. The third-order valence-corrected chi connectivity index (χ3v) is 6.63. The number of hydrogen-bond donors (Lipinski definition) is 1. The Labute approximate surface area is 184 Å². The van der Waals surface area contributed by atoms with Gasteiger partial charge in [-0.05, 0) is 30.2 Å². The second kappa shape index (κ2) is 8.49. The van der Waals surface area contributed by atoms with Crippen LogP contribution in [0.2, 0.25) is 0 Å². The van der Waals surface area contributed by atoms with Gasteiger partial charge in [-0.1, -0.05) is 46.3 Å². The van der Waals surface area contributed by atoms with Crippen molar-refractivity contribution < 1.29 is 9.53 Å². The zero-order valence-electron chi connectivity index (χ0n) is 16.8. The van der Waals surface area contributed by atoms with Crippen LogP contribution in [0.4, 0.5) is 0 Å². The lowest BCUT2D eigenvalue weighted by Gasteiger charge is -2.31. The largest absolute Gasteiger partial charge is 0.379 e. The number of imidazole rings is 1. The molecule has 0 radical (unpaired) electrons. The Kier molecular flexibility index (Phi) is 5.58. The SMILES string of the molecule is O=C(Cc1ccccc1)N1C[C@@H](N2CCOCC2)C[C@H]1c1nc2ccc(Br)cc2[nH]1. The van der Waals surface area contributed by atoms with Crippen molar-refractivity contribution in [1.82, 2.24) is 19.8 Å². The van der Waals surface area contributed by atoms with Crippen molar-refractivity contribution in [2.24, 2.45) is 0 Å². The van der Waals surface area contributed by atoms with Gasteiger partial charge in [0.25, 0.3) is 0 Å². The number of nitrogens with zero attached hydrogens (tertiary/aromatic N) is 3. The standard InChI is InChI=1S/C23H25BrN4O2/c24-17-6-7-19-20(13-17)26-23(25-19)21-14-18(27-8-10-30-11-9-27)15-28(21)22(29)12-16-4-2-1-3-5-16/h1-7,13,18,21H,8-12,14-15H2,(H,25,26)/t18-,21-/m0/s1. The molecule has 1 N–H and O–H groups in total. The van der Waals surface area contributed by atoms with Crippen molar-refractivity contribution in [3.8, 4) is 0 Å². The molecule has 1 amide bonds. The van der Waals surface area contributed by atoms with Crippen molar-refractivity contribution in [2.45, 2.75) is 24.9 Å². The van der Waals surface area contributed by atoms with Gasteiger partial charge in [0.15, 0.2) is 0 Å². The molecular weight excluding hydrogens is 444 g/mol. The van der Waals surface area contributed by atoms with Gasteiger partial charge >= 0.3 is 0 Å². The molecule has 2 fully saturated rings. The number of amides is 1. The topological polar surface area (TPSA) is 61.5 Å². The number of aromatic nitrogens is 2. The van der Waals surface area contributed by atoms with E-state index in [2.05, 4.69) is 25.8 Å². The number of rotatable bonds is 4. The first-order valence-electron chi connectivity index (χ1n) is 10.5. The molecule has 3 heterocycles. The van der Waals surface area contributed by atoms with E-state index in [1.807, 2.05) is 53.4 Å². The number of H-pyrrole nitrogens is 1. The van der Waals surface area contributed by atoms with Crippen LogP contribution in [0, 0.1) is 0 Å². The third kappa shape index (κ3) is 4.02. The van der Waals surface area contributed by atoms with Crippen LogP contribution in [0.5, 0.6) is 0 Å². The second-order valence-corrected chi connectivity index (χ2v) is 8.96. The molecule has 2 atom stereocenters. The number of aromatic amines is 1. The molecule has 156 valence electrons. The maximum atomic E-state index is 13.3. The number of hydrogen-bond acceptors (Lipinski definition) is 4. The first-order valence-corrected chi connectivity index (χ1v) is 11.3. The number of benzene rings is 2. The summed E-state index contributed by atoms with van der Waals surface area (Å²) in [6.07, 6.45) is 1.31. The number of likely N-dealkylation sites (tertiary alicyclic amines) is 1. The molecular formula is C23H25BrN4O2. The molecule has 0 unspecified atom stereocenters. The van der Waals surface area contributed by atoms with Crippen LogP contribution >= 0.6 is 15.9 Å². The summed E-state index contributed by atoms with van der Waals surface area (Å²) in [5.74, 6) is 1.03. The average Bonchev–Trinajstić information content (AvgIpc) is 3.39. The van der Waals surface area contributed by atoms with E-state index in [-0.39, 0.29) is 11.9 Å². The summed E-state index contributed by atoms with van der Waals surface area (Å²) in [5, 5.41) is 0. The highest BCUT2D eigenvalue weighted by atomic mass is 79.9. The van der Waals surface area contributed by atoms with Crippen LogP contribution in [-0.4, -0.2) is 64.6 Å². The van der Waals surface area contributed by atoms with E-state index in [1.54, 1.807) is 0 Å². The average molecular weight is 469 g/mol. The molecule has 5 rings (SSSR count). The van der Waals surface area contributed by atoms with Gasteiger partial charge in [-0.25, -0.2) is 4.98 Å². The van der Waals surface area contributed by atoms with Crippen LogP contribution in [0.25, 0.3) is 11.0 Å². The molecule has 7 heteroatoms. The Morgan fingerprint density at radius 2 is 1.97 bits per heavy atom. The first kappa shape index (κ1) is 19.7. The minimum Gasteiger partial charge on any atom is -0.379 e. The molecule has 1 aromatic heterocycles. The van der Waals surface area contributed by atoms with Crippen LogP contribution < -0.4 is 0 Å². The van der Waals surface area contributed by atoms with E-state index < -0.39 is 0 Å². The van der Waals surface area contributed by atoms with Gasteiger partial charge in [0, 0.05) is 30.1 Å². The molecule has 0 aliphatic carbocycles. The monoisotopic (exact) mass is 468 g/mol. The summed E-state index contributed by atoms with van der Waals surface area (Å²) in [6, 6.07) is 16.3. The van der Waals surface area contributed by atoms with Crippen molar-refractivity contribution in [2.75, 3.05) is 32.8 Å². The highest BCUT2D eigenvalue weighted by molar-refractivity contribution is 9.10. The van der Waals surface area contributed by atoms with E-state index in [1.165, 1.54) is 0 Å². The molecule has 3 aromatic rings. The fourth-order valence-corrected chi connectivity index (χ4v) is 4.95. The van der Waals surface area contributed by atoms with Gasteiger partial charge in [0.1, 0.15) is 5.82 Å². The summed E-state index contributed by atoms with van der Waals surface area (Å²) >= 11 is 3.53. The van der Waals surface area contributed by atoms with Crippen molar-refractivity contribution >= 4 is 32.9 Å². The number of ether oxygens (including phenoxy) is 1. The minimum absolute atomic E-state index is 0.0415. The number of halogens is 1. The summed E-state index contributed by atoms with van der Waals surface area (Å²) in [6.45, 7) is 4.10. The number of carbonyl (C=O) groups is 1. The zero-order chi connectivity index (χ0) is 20.5. The Morgan fingerprint density at radius 3 is 2.77 bits per heavy atom. The van der Waals surface area contributed by atoms with Crippen molar-refractivity contribution in [3.05, 3.63) is 64.4 Å². The van der Waals surface area contributed by atoms with E-state index in [9.17, 15) is 4.79 Å². The van der Waals surface area contributed by atoms with Crippen LogP contribution in [0.1, 0.15) is 23.9 Å². The van der Waals surface area contributed by atoms with Gasteiger partial charge in [0.05, 0.1) is 36.7 Å². The van der Waals surface area contributed by atoms with Crippen LogP contribution in [0.3, 0.4) is 0 Å². The predicted octanol–water partition coefficient (Wildman–Crippen LogP) is 3.54. The first-order chi connectivity index (χ1) is 14.7. The molecule has 0 saturated carbocycles. The molecule has 30 heavy (non-hydrogen) atoms. The highest BCUT2D eigenvalue weighted by Gasteiger charge is 2.40. The maximum Gasteiger partial charge on any atom is 0.227 e. The lowest BCUT2D eigenvalue weighted by atomic mass is 10.1. The van der Waals surface area contributed by atoms with E-state index in [4.69, 9.17) is 9.72 Å². The lowest BCUT2D eigenvalue weighted by Crippen LogP contribution is -2.45. The van der Waals surface area contributed by atoms with Gasteiger partial charge in [0.2, 0.25) is 5.91 Å². The Bertz CT molecular complexity index is 1030. The fraction of sp³-hybridized carbons (Fsp3) is 0.391. The normalized spacial score (nSPS) is 22.6. The summed E-state index contributed by atoms with van der Waals surface area (Å²) in [5.41, 5.74) is 2.97. The predicted molar refractivity (Wildman–Crippen MR) is 119 cm³/mol. The number of carbonyl (C=O) groups excluding carboxylic acids is 1. The molecule has 6 nitrogen and oxygen atoms in total. The third-order valence-electron chi connectivity index (χ3n) is 6.14. The molecule has 2 saturated heterocycles. The Balaban J connectivity index is 1.43. The smallest absolute Gasteiger partial charge is 0.227 e. The highest BCUT2D eigenvalue weighted by Crippen LogP contribution is 2.35. The maximum absolute atomic E-state index is 13.3. The van der Waals surface area contributed by atoms with Crippen molar-refractivity contribution in [1.29, 1.82) is 0 Å². The van der Waals surface area contributed by atoms with Gasteiger partial charge in [-0.3, -0.25) is 9.69 Å². The fourth-order valence-electron chi connectivity index (χ4n) is 4.59. The Hall–Kier alpha value is -2.22. The number of nitrogens with one attached hydrogen (secondary N) is 1. The summed E-state index contributed by atoms with van der Waals surface area (Å²) in [4.78, 5) is 26.1. The van der Waals surface area contributed by atoms with E-state index in [0.29, 0.717) is 12.5 Å². The molecule has 0 bridgehead atoms. The quantitative estimate of drug-likeness (QED) is 0.635. The van der Waals surface area contributed by atoms with Crippen molar-refractivity contribution in [3.63, 3.8) is 0 Å². The van der Waals surface area contributed by atoms with E-state index in [0.717, 1.165) is 66.2 Å². The van der Waals surface area contributed by atoms with Gasteiger partial charge in [-0.2, -0.15) is 0 Å². The Morgan fingerprint density at radius 1 is 1.17 bits per heavy atom. The second-order valence-electron chi connectivity index (χ2n) is 8.05. The zero-order valence-corrected chi connectivity index (χ0v) is 18.3. The number of morpholine rings is 1. The van der Waals surface area contributed by atoms with Gasteiger partial charge in [-0.15, -0.1) is 0 Å². The molecule has 2 aromatic carbocycles. The molecule has 0 spiro atoms. The van der Waals surface area contributed by atoms with E-state index >= 15 is 0 Å². The van der Waals surface area contributed by atoms with Crippen LogP contribution in [0.15, 0.2) is 53.0 Å². The minimum atomic E-state index is -0.0415. The summed E-state index contributed by atoms with van der Waals surface area (Å²) in [7, 11) is 0. The molecule has 2 aliphatic rings. The van der Waals surface area contributed by atoms with Crippen LogP contribution in [-0.2, 0) is 16.0 Å². The van der Waals surface area contributed by atoms with Gasteiger partial charge < -0.3 is 14.6 Å². The molecule has 2 aliphatic heterocycles. The summed E-state index contributed by atoms with van der Waals surface area (Å²) < 4.78 is 6.54. The lowest BCUT2D eigenvalue weighted by molar-refractivity contribution is -0.131.